The van der Waals surface area contributed by atoms with Gasteiger partial charge in [-0.05, 0) is 19.4 Å². The van der Waals surface area contributed by atoms with Gasteiger partial charge in [0.15, 0.2) is 0 Å². The number of hydrogen-bond acceptors (Lipinski definition) is 3. The smallest absolute Gasteiger partial charge is 0.110 e. The lowest BCUT2D eigenvalue weighted by atomic mass is 9.93. The molecule has 1 rings (SSSR count). The normalized spacial score (nSPS) is 13.9. The van der Waals surface area contributed by atoms with Crippen LogP contribution in [-0.2, 0) is 5.41 Å². The molecule has 1 unspecified atom stereocenters. The van der Waals surface area contributed by atoms with Crippen LogP contribution in [0.5, 0.6) is 0 Å². The molecule has 0 aromatic carbocycles. The Balaban J connectivity index is 2.76. The maximum Gasteiger partial charge on any atom is 0.110 e. The maximum absolute atomic E-state index is 4.81. The van der Waals surface area contributed by atoms with Gasteiger partial charge in [0.1, 0.15) is 5.01 Å². The Hall–Kier alpha value is -0.410. The Morgan fingerprint density at radius 1 is 1.29 bits per heavy atom. The van der Waals surface area contributed by atoms with Crippen molar-refractivity contribution in [2.75, 3.05) is 6.54 Å². The van der Waals surface area contributed by atoms with E-state index in [1.54, 1.807) is 11.3 Å². The Kier molecular flexibility index (Phi) is 5.60. The minimum Gasteiger partial charge on any atom is -0.308 e. The zero-order chi connectivity index (χ0) is 12.9. The van der Waals surface area contributed by atoms with Crippen molar-refractivity contribution < 1.29 is 0 Å². The molecule has 0 radical (unpaired) electrons. The third-order valence-electron chi connectivity index (χ3n) is 2.81. The molecule has 1 aromatic rings. The minimum atomic E-state index is 0.163. The van der Waals surface area contributed by atoms with Gasteiger partial charge < -0.3 is 5.32 Å². The number of hydrogen-bond donors (Lipinski definition) is 1. The van der Waals surface area contributed by atoms with Crippen molar-refractivity contribution in [3.05, 3.63) is 16.1 Å². The summed E-state index contributed by atoms with van der Waals surface area (Å²) in [6.45, 7) is 12.2. The van der Waals surface area contributed by atoms with Crippen LogP contribution in [0, 0.1) is 0 Å². The van der Waals surface area contributed by atoms with E-state index in [-0.39, 0.29) is 5.41 Å². The van der Waals surface area contributed by atoms with Crippen LogP contribution in [0.2, 0.25) is 0 Å². The summed E-state index contributed by atoms with van der Waals surface area (Å²) in [6.07, 6.45) is 3.56. The fraction of sp³-hybridized carbons (Fsp3) is 0.786. The summed E-state index contributed by atoms with van der Waals surface area (Å²) in [7, 11) is 0. The lowest BCUT2D eigenvalue weighted by Gasteiger charge is -2.17. The zero-order valence-corrected chi connectivity index (χ0v) is 12.7. The first-order valence-electron chi connectivity index (χ1n) is 6.68. The van der Waals surface area contributed by atoms with E-state index in [0.29, 0.717) is 6.04 Å². The molecule has 0 aliphatic carbocycles. The van der Waals surface area contributed by atoms with E-state index >= 15 is 0 Å². The molecular weight excluding hydrogens is 228 g/mol. The van der Waals surface area contributed by atoms with Gasteiger partial charge in [-0.3, -0.25) is 0 Å². The Bertz CT molecular complexity index is 325. The molecule has 0 aliphatic rings. The molecule has 3 heteroatoms. The lowest BCUT2D eigenvalue weighted by Crippen LogP contribution is -2.22. The van der Waals surface area contributed by atoms with Crippen LogP contribution in [0.15, 0.2) is 5.38 Å². The van der Waals surface area contributed by atoms with Gasteiger partial charge in [-0.25, -0.2) is 4.98 Å². The SMILES string of the molecule is CCCNC(CCC)c1nc(C(C)(C)C)cs1. The highest BCUT2D eigenvalue weighted by Gasteiger charge is 2.20. The van der Waals surface area contributed by atoms with Crippen molar-refractivity contribution in [2.24, 2.45) is 0 Å². The summed E-state index contributed by atoms with van der Waals surface area (Å²) in [5, 5.41) is 7.07. The zero-order valence-electron chi connectivity index (χ0n) is 11.8. The molecule has 98 valence electrons. The largest absolute Gasteiger partial charge is 0.308 e. The van der Waals surface area contributed by atoms with E-state index in [9.17, 15) is 0 Å². The van der Waals surface area contributed by atoms with Gasteiger partial charge in [0.2, 0.25) is 0 Å². The van der Waals surface area contributed by atoms with Crippen LogP contribution in [0.1, 0.15) is 70.6 Å². The molecule has 1 N–H and O–H groups in total. The first-order chi connectivity index (χ1) is 7.99. The molecule has 0 fully saturated rings. The predicted molar refractivity (Wildman–Crippen MR) is 76.8 cm³/mol. The average molecular weight is 254 g/mol. The topological polar surface area (TPSA) is 24.9 Å². The van der Waals surface area contributed by atoms with E-state index in [2.05, 4.69) is 45.3 Å². The summed E-state index contributed by atoms with van der Waals surface area (Å²) in [5.41, 5.74) is 1.38. The molecule has 17 heavy (non-hydrogen) atoms. The Labute approximate surface area is 110 Å². The Morgan fingerprint density at radius 2 is 2.00 bits per heavy atom. The quantitative estimate of drug-likeness (QED) is 0.819. The number of nitrogens with one attached hydrogen (secondary N) is 1. The van der Waals surface area contributed by atoms with Crippen LogP contribution in [0.25, 0.3) is 0 Å². The number of aromatic nitrogens is 1. The van der Waals surface area contributed by atoms with Gasteiger partial charge in [0, 0.05) is 10.8 Å². The summed E-state index contributed by atoms with van der Waals surface area (Å²) in [4.78, 5) is 4.81. The number of thiazole rings is 1. The Morgan fingerprint density at radius 3 is 2.47 bits per heavy atom. The first kappa shape index (κ1) is 14.7. The molecule has 1 atom stereocenters. The lowest BCUT2D eigenvalue weighted by molar-refractivity contribution is 0.486. The number of rotatable bonds is 6. The van der Waals surface area contributed by atoms with Gasteiger partial charge in [-0.1, -0.05) is 41.0 Å². The molecule has 0 saturated heterocycles. The summed E-state index contributed by atoms with van der Waals surface area (Å²) in [6, 6.07) is 0.445. The maximum atomic E-state index is 4.81. The van der Waals surface area contributed by atoms with Crippen LogP contribution in [0.3, 0.4) is 0 Å². The fourth-order valence-electron chi connectivity index (χ4n) is 1.71. The first-order valence-corrected chi connectivity index (χ1v) is 7.56. The van der Waals surface area contributed by atoms with E-state index < -0.39 is 0 Å². The van der Waals surface area contributed by atoms with Crippen molar-refractivity contribution in [2.45, 2.75) is 65.3 Å². The standard InChI is InChI=1S/C14H26N2S/c1-6-8-11(15-9-7-2)13-16-12(10-17-13)14(3,4)5/h10-11,15H,6-9H2,1-5H3. The van der Waals surface area contributed by atoms with Crippen LogP contribution in [0.4, 0.5) is 0 Å². The van der Waals surface area contributed by atoms with E-state index in [1.165, 1.54) is 30.0 Å². The van der Waals surface area contributed by atoms with Gasteiger partial charge in [0.05, 0.1) is 11.7 Å². The molecule has 0 saturated carbocycles. The highest BCUT2D eigenvalue weighted by Crippen LogP contribution is 2.28. The summed E-state index contributed by atoms with van der Waals surface area (Å²) < 4.78 is 0. The minimum absolute atomic E-state index is 0.163. The van der Waals surface area contributed by atoms with Crippen molar-refractivity contribution >= 4 is 11.3 Å². The average Bonchev–Trinajstić information content (AvgIpc) is 2.72. The molecule has 1 aromatic heterocycles. The van der Waals surface area contributed by atoms with Gasteiger partial charge in [-0.2, -0.15) is 0 Å². The highest BCUT2D eigenvalue weighted by atomic mass is 32.1. The van der Waals surface area contributed by atoms with Crippen LogP contribution in [-0.4, -0.2) is 11.5 Å². The van der Waals surface area contributed by atoms with Crippen molar-refractivity contribution in [1.29, 1.82) is 0 Å². The second kappa shape index (κ2) is 6.50. The predicted octanol–water partition coefficient (Wildman–Crippen LogP) is 4.28. The van der Waals surface area contributed by atoms with Crippen LogP contribution < -0.4 is 5.32 Å². The molecule has 1 heterocycles. The van der Waals surface area contributed by atoms with Crippen molar-refractivity contribution in [3.63, 3.8) is 0 Å². The third-order valence-corrected chi connectivity index (χ3v) is 3.76. The molecule has 2 nitrogen and oxygen atoms in total. The molecular formula is C14H26N2S. The number of nitrogens with zero attached hydrogens (tertiary/aromatic N) is 1. The second-order valence-electron chi connectivity index (χ2n) is 5.62. The van der Waals surface area contributed by atoms with Gasteiger partial charge in [-0.15, -0.1) is 11.3 Å². The monoisotopic (exact) mass is 254 g/mol. The highest BCUT2D eigenvalue weighted by molar-refractivity contribution is 7.09. The third kappa shape index (κ3) is 4.40. The van der Waals surface area contributed by atoms with E-state index in [1.807, 2.05) is 0 Å². The van der Waals surface area contributed by atoms with Crippen molar-refractivity contribution in [1.82, 2.24) is 10.3 Å². The van der Waals surface area contributed by atoms with Gasteiger partial charge >= 0.3 is 0 Å². The van der Waals surface area contributed by atoms with Crippen LogP contribution >= 0.6 is 11.3 Å². The summed E-state index contributed by atoms with van der Waals surface area (Å²) >= 11 is 1.80. The molecule has 0 bridgehead atoms. The second-order valence-corrected chi connectivity index (χ2v) is 6.51. The van der Waals surface area contributed by atoms with Crippen molar-refractivity contribution in [3.8, 4) is 0 Å². The van der Waals surface area contributed by atoms with E-state index in [0.717, 1.165) is 6.54 Å². The summed E-state index contributed by atoms with van der Waals surface area (Å²) in [5.74, 6) is 0. The molecule has 0 amide bonds. The van der Waals surface area contributed by atoms with E-state index in [4.69, 9.17) is 4.98 Å². The molecule has 0 aliphatic heterocycles. The fourth-order valence-corrected chi connectivity index (χ4v) is 2.87. The molecule has 0 spiro atoms. The van der Waals surface area contributed by atoms with Gasteiger partial charge in [0.25, 0.3) is 0 Å².